The topological polar surface area (TPSA) is 152 Å². The van der Waals surface area contributed by atoms with Crippen LogP contribution in [0.1, 0.15) is 5.82 Å². The SMILES string of the molecule is Cc1nc(N)c2sc(N3CCN(S(=O)(=O)c4ccc(OC(F)(F)F)cc4)[C@@H](C(=O)O)C3)nc2n1. The lowest BCUT2D eigenvalue weighted by Gasteiger charge is -2.38. The van der Waals surface area contributed by atoms with Crippen LogP contribution in [0, 0.1) is 6.92 Å². The maximum absolute atomic E-state index is 13.1. The largest absolute Gasteiger partial charge is 0.573 e. The summed E-state index contributed by atoms with van der Waals surface area (Å²) in [6, 6.07) is 2.09. The molecule has 3 aromatic rings. The van der Waals surface area contributed by atoms with Crippen molar-refractivity contribution >= 4 is 48.6 Å². The van der Waals surface area contributed by atoms with E-state index in [4.69, 9.17) is 5.73 Å². The zero-order chi connectivity index (χ0) is 24.8. The Morgan fingerprint density at radius 2 is 1.88 bits per heavy atom. The fourth-order valence-corrected chi connectivity index (χ4v) is 5.97. The molecule has 4 rings (SSSR count). The summed E-state index contributed by atoms with van der Waals surface area (Å²) in [5.41, 5.74) is 6.27. The normalized spacial score (nSPS) is 17.8. The lowest BCUT2D eigenvalue weighted by Crippen LogP contribution is -2.58. The van der Waals surface area contributed by atoms with Crippen molar-refractivity contribution in [3.05, 3.63) is 30.1 Å². The summed E-state index contributed by atoms with van der Waals surface area (Å²) in [4.78, 5) is 25.9. The molecule has 1 atom stereocenters. The number of nitrogens with zero attached hydrogens (tertiary/aromatic N) is 5. The predicted octanol–water partition coefficient (Wildman–Crippen LogP) is 1.84. The van der Waals surface area contributed by atoms with Gasteiger partial charge in [-0.25, -0.2) is 18.4 Å². The number of carboxylic acid groups (broad SMARTS) is 1. The number of alkyl halides is 3. The number of ether oxygens (including phenoxy) is 1. The van der Waals surface area contributed by atoms with Crippen molar-refractivity contribution < 1.29 is 36.2 Å². The molecule has 0 amide bonds. The molecular formula is C18H17F3N6O5S2. The first kappa shape index (κ1) is 23.9. The van der Waals surface area contributed by atoms with Crippen LogP contribution >= 0.6 is 11.3 Å². The summed E-state index contributed by atoms with van der Waals surface area (Å²) in [6.45, 7) is 1.36. The third-order valence-electron chi connectivity index (χ3n) is 4.93. The van der Waals surface area contributed by atoms with Crippen LogP contribution in [0.3, 0.4) is 0 Å². The van der Waals surface area contributed by atoms with Crippen LogP contribution in [0.15, 0.2) is 29.2 Å². The van der Waals surface area contributed by atoms with Gasteiger partial charge in [-0.1, -0.05) is 11.3 Å². The minimum atomic E-state index is -4.93. The minimum absolute atomic E-state index is 0.115. The van der Waals surface area contributed by atoms with Crippen LogP contribution < -0.4 is 15.4 Å². The van der Waals surface area contributed by atoms with Gasteiger partial charge < -0.3 is 20.5 Å². The highest BCUT2D eigenvalue weighted by Gasteiger charge is 2.41. The van der Waals surface area contributed by atoms with Crippen molar-refractivity contribution in [3.63, 3.8) is 0 Å². The van der Waals surface area contributed by atoms with Gasteiger partial charge in [-0.15, -0.1) is 13.2 Å². The van der Waals surface area contributed by atoms with Crippen LogP contribution in [-0.2, 0) is 14.8 Å². The van der Waals surface area contributed by atoms with E-state index in [1.165, 1.54) is 0 Å². The van der Waals surface area contributed by atoms with E-state index in [1.54, 1.807) is 11.8 Å². The standard InChI is InChI=1S/C18H17F3N6O5S2/c1-9-23-14(22)13-15(24-9)25-17(33-13)26-6-7-27(12(8-26)16(28)29)34(30,31)11-4-2-10(3-5-11)32-18(19,20)21/h2-5,12H,6-8H2,1H3,(H,28,29)(H2,22,23,24)/t12-/m1/s1. The Morgan fingerprint density at radius 3 is 2.50 bits per heavy atom. The molecule has 3 N–H and O–H groups in total. The van der Waals surface area contributed by atoms with Gasteiger partial charge in [0.25, 0.3) is 0 Å². The summed E-state index contributed by atoms with van der Waals surface area (Å²) < 4.78 is 68.3. The third kappa shape index (κ3) is 4.69. The van der Waals surface area contributed by atoms with E-state index in [0.29, 0.717) is 21.3 Å². The number of nitrogen functional groups attached to an aromatic ring is 1. The molecule has 1 aromatic carbocycles. The average molecular weight is 518 g/mol. The van der Waals surface area contributed by atoms with E-state index in [1.807, 2.05) is 0 Å². The Balaban J connectivity index is 1.59. The van der Waals surface area contributed by atoms with Crippen molar-refractivity contribution in [2.24, 2.45) is 0 Å². The molecule has 0 aliphatic carbocycles. The number of carboxylic acids is 1. The molecule has 0 spiro atoms. The lowest BCUT2D eigenvalue weighted by molar-refractivity contribution is -0.274. The highest BCUT2D eigenvalue weighted by atomic mass is 32.2. The van der Waals surface area contributed by atoms with E-state index in [2.05, 4.69) is 19.7 Å². The van der Waals surface area contributed by atoms with Crippen LogP contribution in [0.4, 0.5) is 24.1 Å². The van der Waals surface area contributed by atoms with Gasteiger partial charge in [-0.05, 0) is 31.2 Å². The third-order valence-corrected chi connectivity index (χ3v) is 7.98. The number of sulfonamides is 1. The van der Waals surface area contributed by atoms with Crippen molar-refractivity contribution in [3.8, 4) is 5.75 Å². The molecule has 0 unspecified atom stereocenters. The number of aromatic nitrogens is 3. The van der Waals surface area contributed by atoms with Gasteiger partial charge >= 0.3 is 12.3 Å². The Kier molecular flexibility index (Phi) is 5.99. The fraction of sp³-hybridized carbons (Fsp3) is 0.333. The number of hydrogen-bond donors (Lipinski definition) is 2. The fourth-order valence-electron chi connectivity index (χ4n) is 3.46. The molecule has 1 aliphatic heterocycles. The van der Waals surface area contributed by atoms with Crippen molar-refractivity contribution in [2.45, 2.75) is 24.2 Å². The molecule has 3 heterocycles. The number of nitrogens with two attached hydrogens (primary N) is 1. The molecule has 1 aliphatic rings. The highest BCUT2D eigenvalue weighted by Crippen LogP contribution is 2.33. The number of aliphatic carboxylic acids is 1. The molecule has 182 valence electrons. The molecule has 34 heavy (non-hydrogen) atoms. The van der Waals surface area contributed by atoms with Crippen molar-refractivity contribution in [1.82, 2.24) is 19.3 Å². The lowest BCUT2D eigenvalue weighted by atomic mass is 10.2. The van der Waals surface area contributed by atoms with Gasteiger partial charge in [0.1, 0.15) is 28.1 Å². The van der Waals surface area contributed by atoms with E-state index in [0.717, 1.165) is 39.9 Å². The van der Waals surface area contributed by atoms with E-state index in [-0.39, 0.29) is 30.3 Å². The van der Waals surface area contributed by atoms with Gasteiger partial charge in [0.2, 0.25) is 10.0 Å². The van der Waals surface area contributed by atoms with Gasteiger partial charge in [0, 0.05) is 19.6 Å². The van der Waals surface area contributed by atoms with Crippen molar-refractivity contribution in [2.75, 3.05) is 30.3 Å². The van der Waals surface area contributed by atoms with Gasteiger partial charge in [-0.2, -0.15) is 9.29 Å². The molecular weight excluding hydrogens is 501 g/mol. The van der Waals surface area contributed by atoms with E-state index >= 15 is 0 Å². The second kappa shape index (κ2) is 8.52. The van der Waals surface area contributed by atoms with Crippen LogP contribution in [0.25, 0.3) is 10.3 Å². The zero-order valence-corrected chi connectivity index (χ0v) is 19.0. The maximum atomic E-state index is 13.1. The number of thiazole rings is 1. The zero-order valence-electron chi connectivity index (χ0n) is 17.4. The Bertz CT molecular complexity index is 1350. The van der Waals surface area contributed by atoms with Gasteiger partial charge in [0.15, 0.2) is 10.8 Å². The monoisotopic (exact) mass is 518 g/mol. The second-order valence-corrected chi connectivity index (χ2v) is 10.1. The summed E-state index contributed by atoms with van der Waals surface area (Å²) in [6.07, 6.45) is -4.93. The number of anilines is 2. The number of aryl methyl sites for hydroxylation is 1. The number of piperazine rings is 1. The molecule has 0 saturated carbocycles. The van der Waals surface area contributed by atoms with E-state index < -0.39 is 34.1 Å². The molecule has 1 fully saturated rings. The van der Waals surface area contributed by atoms with E-state index in [9.17, 15) is 31.5 Å². The van der Waals surface area contributed by atoms with Gasteiger partial charge in [0.05, 0.1) is 4.90 Å². The minimum Gasteiger partial charge on any atom is -0.480 e. The number of benzene rings is 1. The molecule has 16 heteroatoms. The Hall–Kier alpha value is -3.24. The molecule has 0 radical (unpaired) electrons. The van der Waals surface area contributed by atoms with Crippen LogP contribution in [0.5, 0.6) is 5.75 Å². The quantitative estimate of drug-likeness (QED) is 0.512. The Labute approximate surface area is 194 Å². The molecule has 0 bridgehead atoms. The first-order valence-electron chi connectivity index (χ1n) is 9.61. The number of rotatable bonds is 5. The Morgan fingerprint density at radius 1 is 1.21 bits per heavy atom. The number of hydrogen-bond acceptors (Lipinski definition) is 10. The molecule has 1 saturated heterocycles. The number of fused-ring (bicyclic) bond motifs is 1. The van der Waals surface area contributed by atoms with Crippen LogP contribution in [-0.4, -0.2) is 70.8 Å². The second-order valence-electron chi connectivity index (χ2n) is 7.24. The van der Waals surface area contributed by atoms with Crippen molar-refractivity contribution in [1.29, 1.82) is 0 Å². The van der Waals surface area contributed by atoms with Crippen LogP contribution in [0.2, 0.25) is 0 Å². The summed E-state index contributed by atoms with van der Waals surface area (Å²) >= 11 is 1.16. The summed E-state index contributed by atoms with van der Waals surface area (Å²) in [5.74, 6) is -1.32. The average Bonchev–Trinajstić information content (AvgIpc) is 3.17. The number of carbonyl (C=O) groups is 1. The number of halogens is 3. The molecule has 11 nitrogen and oxygen atoms in total. The summed E-state index contributed by atoms with van der Waals surface area (Å²) in [7, 11) is -4.33. The predicted molar refractivity (Wildman–Crippen MR) is 115 cm³/mol. The summed E-state index contributed by atoms with van der Waals surface area (Å²) in [5, 5.41) is 10.2. The highest BCUT2D eigenvalue weighted by molar-refractivity contribution is 7.89. The smallest absolute Gasteiger partial charge is 0.480 e. The maximum Gasteiger partial charge on any atom is 0.573 e. The van der Waals surface area contributed by atoms with Gasteiger partial charge in [-0.3, -0.25) is 4.79 Å². The first-order valence-corrected chi connectivity index (χ1v) is 11.9. The molecule has 2 aromatic heterocycles. The first-order chi connectivity index (χ1) is 15.8.